The Labute approximate surface area is 67.2 Å². The van der Waals surface area contributed by atoms with Gasteiger partial charge in [0.15, 0.2) is 0 Å². The first-order valence-electron chi connectivity index (χ1n) is 2.71. The summed E-state index contributed by atoms with van der Waals surface area (Å²) in [6, 6.07) is 0. The summed E-state index contributed by atoms with van der Waals surface area (Å²) in [6.07, 6.45) is 4.22. The first-order chi connectivity index (χ1) is 3.00. The summed E-state index contributed by atoms with van der Waals surface area (Å²) in [5, 5.41) is 3.28. The van der Waals surface area contributed by atoms with Gasteiger partial charge in [-0.3, -0.25) is 0 Å². The van der Waals surface area contributed by atoms with E-state index in [4.69, 9.17) is 0 Å². The smallest absolute Gasteiger partial charge is 0 e. The zero-order valence-electron chi connectivity index (χ0n) is 5.04. The summed E-state index contributed by atoms with van der Waals surface area (Å²) in [7, 11) is 0. The molecule has 0 aliphatic carbocycles. The van der Waals surface area contributed by atoms with Gasteiger partial charge < -0.3 is 5.32 Å². The van der Waals surface area contributed by atoms with Crippen LogP contribution in [0.2, 0.25) is 0 Å². The number of nitrogens with one attached hydrogen (secondary N) is 1. The summed E-state index contributed by atoms with van der Waals surface area (Å²) in [6.45, 7) is 2.50. The third kappa shape index (κ3) is 3.53. The normalized spacial score (nSPS) is 20.6. The fourth-order valence-electron chi connectivity index (χ4n) is 0.802. The molecule has 7 heavy (non-hydrogen) atoms. The Morgan fingerprint density at radius 1 is 0.857 bits per heavy atom. The Hall–Kier alpha value is 0.960. The van der Waals surface area contributed by atoms with E-state index in [0.29, 0.717) is 0 Å². The maximum Gasteiger partial charge on any atom is 0 e. The van der Waals surface area contributed by atoms with Crippen molar-refractivity contribution in [3.05, 3.63) is 0 Å². The van der Waals surface area contributed by atoms with E-state index in [1.807, 2.05) is 0 Å². The molecule has 1 aliphatic rings. The van der Waals surface area contributed by atoms with E-state index in [1.165, 1.54) is 32.4 Å². The van der Waals surface area contributed by atoms with Gasteiger partial charge in [0.25, 0.3) is 0 Å². The second-order valence-corrected chi connectivity index (χ2v) is 1.81. The van der Waals surface area contributed by atoms with Gasteiger partial charge in [0, 0.05) is 29.6 Å². The summed E-state index contributed by atoms with van der Waals surface area (Å²) in [5.41, 5.74) is 0. The maximum atomic E-state index is 3.28. The van der Waals surface area contributed by atoms with Gasteiger partial charge in [-0.15, -0.1) is 0 Å². The van der Waals surface area contributed by atoms with Crippen LogP contribution in [0.1, 0.15) is 19.3 Å². The van der Waals surface area contributed by atoms with Crippen LogP contribution in [0.3, 0.4) is 0 Å². The summed E-state index contributed by atoms with van der Waals surface area (Å²) in [5.74, 6) is 0. The first-order valence-corrected chi connectivity index (χ1v) is 2.71. The van der Waals surface area contributed by atoms with Crippen LogP contribution in [0.4, 0.5) is 0 Å². The second kappa shape index (κ2) is 5.10. The van der Waals surface area contributed by atoms with Crippen LogP contribution in [-0.2, 0) is 0 Å². The average Bonchev–Trinajstić information content (AvgIpc) is 1.72. The fraction of sp³-hybridized carbons (Fsp3) is 1.00. The molecule has 1 radical (unpaired) electrons. The van der Waals surface area contributed by atoms with Crippen molar-refractivity contribution in [2.75, 3.05) is 13.1 Å². The predicted molar refractivity (Wildman–Crippen MR) is 32.5 cm³/mol. The Morgan fingerprint density at radius 2 is 1.43 bits per heavy atom. The van der Waals surface area contributed by atoms with E-state index >= 15 is 0 Å². The minimum Gasteiger partial charge on any atom is -0.317 e. The van der Waals surface area contributed by atoms with Crippen LogP contribution in [0.25, 0.3) is 0 Å². The van der Waals surface area contributed by atoms with Crippen molar-refractivity contribution in [1.29, 1.82) is 0 Å². The van der Waals surface area contributed by atoms with E-state index in [1.54, 1.807) is 0 Å². The fourth-order valence-corrected chi connectivity index (χ4v) is 0.802. The van der Waals surface area contributed by atoms with Crippen LogP contribution in [0.15, 0.2) is 0 Å². The van der Waals surface area contributed by atoms with Gasteiger partial charge in [-0.05, 0) is 25.9 Å². The molecular weight excluding hydrogens is 97.1 g/mol. The van der Waals surface area contributed by atoms with Crippen LogP contribution in [-0.4, -0.2) is 42.6 Å². The molecule has 0 spiro atoms. The number of hydrogen-bond acceptors (Lipinski definition) is 1. The zero-order valence-corrected chi connectivity index (χ0v) is 7.04. The van der Waals surface area contributed by atoms with Gasteiger partial charge in [0.05, 0.1) is 0 Å². The third-order valence-corrected chi connectivity index (χ3v) is 1.21. The van der Waals surface area contributed by atoms with Crippen LogP contribution in [0.5, 0.6) is 0 Å². The molecule has 1 fully saturated rings. The van der Waals surface area contributed by atoms with Crippen molar-refractivity contribution in [3.63, 3.8) is 0 Å². The van der Waals surface area contributed by atoms with Gasteiger partial charge in [0.1, 0.15) is 0 Å². The van der Waals surface area contributed by atoms with E-state index in [2.05, 4.69) is 5.32 Å². The van der Waals surface area contributed by atoms with Crippen molar-refractivity contribution >= 4 is 29.6 Å². The van der Waals surface area contributed by atoms with Crippen LogP contribution in [0, 0.1) is 0 Å². The molecular formula is C5H11NNa. The van der Waals surface area contributed by atoms with Gasteiger partial charge in [0.2, 0.25) is 0 Å². The molecule has 0 atom stereocenters. The molecule has 0 aromatic rings. The Kier molecular flexibility index (Phi) is 5.80. The van der Waals surface area contributed by atoms with Crippen molar-refractivity contribution < 1.29 is 0 Å². The molecule has 0 aromatic carbocycles. The van der Waals surface area contributed by atoms with E-state index in [9.17, 15) is 0 Å². The summed E-state index contributed by atoms with van der Waals surface area (Å²) < 4.78 is 0. The Bertz CT molecular complexity index is 23.6. The molecule has 1 N–H and O–H groups in total. The Morgan fingerprint density at radius 3 is 1.57 bits per heavy atom. The minimum atomic E-state index is 0. The van der Waals surface area contributed by atoms with Gasteiger partial charge >= 0.3 is 0 Å². The molecule has 37 valence electrons. The molecule has 0 aromatic heterocycles. The molecule has 0 saturated carbocycles. The standard InChI is InChI=1S/C5H11N.Na/c1-2-4-6-5-3-1;/h6H,1-5H2;. The molecule has 1 rings (SSSR count). The number of piperidine rings is 1. The summed E-state index contributed by atoms with van der Waals surface area (Å²) in [4.78, 5) is 0. The molecule has 0 amide bonds. The largest absolute Gasteiger partial charge is 0.317 e. The van der Waals surface area contributed by atoms with Gasteiger partial charge in [-0.25, -0.2) is 0 Å². The zero-order chi connectivity index (χ0) is 4.24. The van der Waals surface area contributed by atoms with Gasteiger partial charge in [-0.2, -0.15) is 0 Å². The van der Waals surface area contributed by atoms with Crippen molar-refractivity contribution in [2.45, 2.75) is 19.3 Å². The van der Waals surface area contributed by atoms with Crippen LogP contribution >= 0.6 is 0 Å². The van der Waals surface area contributed by atoms with Crippen molar-refractivity contribution in [1.82, 2.24) is 5.32 Å². The number of rotatable bonds is 0. The van der Waals surface area contributed by atoms with Crippen molar-refractivity contribution in [2.24, 2.45) is 0 Å². The van der Waals surface area contributed by atoms with E-state index in [0.717, 1.165) is 0 Å². The molecule has 1 heterocycles. The molecule has 1 saturated heterocycles. The van der Waals surface area contributed by atoms with E-state index < -0.39 is 0 Å². The van der Waals surface area contributed by atoms with Crippen LogP contribution < -0.4 is 5.32 Å². The average molecular weight is 108 g/mol. The van der Waals surface area contributed by atoms with Crippen molar-refractivity contribution in [3.8, 4) is 0 Å². The van der Waals surface area contributed by atoms with Gasteiger partial charge in [-0.1, -0.05) is 6.42 Å². The first kappa shape index (κ1) is 7.96. The van der Waals surface area contributed by atoms with E-state index in [-0.39, 0.29) is 29.6 Å². The molecule has 1 aliphatic heterocycles. The third-order valence-electron chi connectivity index (χ3n) is 1.21. The Balaban J connectivity index is 0.000000360. The topological polar surface area (TPSA) is 12.0 Å². The molecule has 1 nitrogen and oxygen atoms in total. The molecule has 0 bridgehead atoms. The quantitative estimate of drug-likeness (QED) is 0.442. The minimum absolute atomic E-state index is 0. The number of hydrogen-bond donors (Lipinski definition) is 1. The summed E-state index contributed by atoms with van der Waals surface area (Å²) >= 11 is 0. The predicted octanol–water partition coefficient (Wildman–Crippen LogP) is 0.379. The second-order valence-electron chi connectivity index (χ2n) is 1.81. The monoisotopic (exact) mass is 108 g/mol. The maximum absolute atomic E-state index is 3.28. The molecule has 2 heteroatoms. The molecule has 0 unspecified atom stereocenters. The SMILES string of the molecule is C1CCNCC1.[Na].